The molecule has 2 aromatic rings. The lowest BCUT2D eigenvalue weighted by molar-refractivity contribution is 0.609. The molecule has 0 radical (unpaired) electrons. The fraction of sp³-hybridized carbons (Fsp3) is 0.500. The van der Waals surface area contributed by atoms with E-state index in [0.717, 1.165) is 6.54 Å². The second-order valence-electron chi connectivity index (χ2n) is 6.59. The first-order chi connectivity index (χ1) is 12.3. The highest BCUT2D eigenvalue weighted by Crippen LogP contribution is 2.25. The van der Waals surface area contributed by atoms with Crippen molar-refractivity contribution in [3.63, 3.8) is 0 Å². The molecule has 0 amide bonds. The Morgan fingerprint density at radius 2 is 0.960 bits per heavy atom. The van der Waals surface area contributed by atoms with Crippen LogP contribution < -0.4 is 4.90 Å². The van der Waals surface area contributed by atoms with E-state index in [9.17, 15) is 0 Å². The summed E-state index contributed by atoms with van der Waals surface area (Å²) in [4.78, 5) is 2.43. The largest absolute Gasteiger partial charge is 0.341 e. The third kappa shape index (κ3) is 9.34. The van der Waals surface area contributed by atoms with Gasteiger partial charge in [-0.05, 0) is 30.7 Å². The second-order valence-corrected chi connectivity index (χ2v) is 6.59. The molecule has 138 valence electrons. The summed E-state index contributed by atoms with van der Waals surface area (Å²) in [6.45, 7) is 7.73. The highest BCUT2D eigenvalue weighted by atomic mass is 15.1. The van der Waals surface area contributed by atoms with Crippen molar-refractivity contribution in [2.24, 2.45) is 0 Å². The molecule has 0 bridgehead atoms. The lowest BCUT2D eigenvalue weighted by atomic mass is 10.1. The minimum atomic E-state index is 1.10. The van der Waals surface area contributed by atoms with Crippen molar-refractivity contribution in [3.8, 4) is 0 Å². The topological polar surface area (TPSA) is 3.24 Å². The van der Waals surface area contributed by atoms with Gasteiger partial charge in [0.15, 0.2) is 0 Å². The van der Waals surface area contributed by atoms with Gasteiger partial charge in [-0.25, -0.2) is 0 Å². The summed E-state index contributed by atoms with van der Waals surface area (Å²) < 4.78 is 0. The van der Waals surface area contributed by atoms with Crippen molar-refractivity contribution in [2.45, 2.75) is 72.1 Å². The molecule has 2 rings (SSSR count). The molecule has 1 heteroatoms. The van der Waals surface area contributed by atoms with Crippen LogP contribution in [-0.4, -0.2) is 6.54 Å². The van der Waals surface area contributed by atoms with Crippen LogP contribution in [0.25, 0.3) is 0 Å². The van der Waals surface area contributed by atoms with E-state index in [1.807, 2.05) is 0 Å². The SMILES string of the molecule is CCCC.CCCCCCCCN(c1ccccc1)c1ccccc1. The average molecular weight is 340 g/mol. The Morgan fingerprint density at radius 1 is 0.520 bits per heavy atom. The van der Waals surface area contributed by atoms with Crippen LogP contribution in [0.5, 0.6) is 0 Å². The Labute approximate surface area is 156 Å². The minimum Gasteiger partial charge on any atom is -0.341 e. The van der Waals surface area contributed by atoms with Gasteiger partial charge in [0.1, 0.15) is 0 Å². The second kappa shape index (κ2) is 14.6. The van der Waals surface area contributed by atoms with E-state index < -0.39 is 0 Å². The van der Waals surface area contributed by atoms with Crippen LogP contribution in [-0.2, 0) is 0 Å². The molecule has 1 nitrogen and oxygen atoms in total. The molecule has 0 N–H and O–H groups in total. The summed E-state index contributed by atoms with van der Waals surface area (Å²) in [5.74, 6) is 0. The van der Waals surface area contributed by atoms with E-state index in [1.165, 1.54) is 62.7 Å². The van der Waals surface area contributed by atoms with Gasteiger partial charge in [0.05, 0.1) is 0 Å². The Bertz CT molecular complexity index is 465. The molecule has 0 saturated heterocycles. The van der Waals surface area contributed by atoms with Gasteiger partial charge in [-0.3, -0.25) is 0 Å². The number of unbranched alkanes of at least 4 members (excludes halogenated alkanes) is 6. The van der Waals surface area contributed by atoms with Crippen LogP contribution in [0.4, 0.5) is 11.4 Å². The zero-order valence-electron chi connectivity index (χ0n) is 16.6. The molecule has 0 aliphatic rings. The van der Waals surface area contributed by atoms with Gasteiger partial charge in [-0.2, -0.15) is 0 Å². The van der Waals surface area contributed by atoms with Crippen molar-refractivity contribution in [1.29, 1.82) is 0 Å². The molecule has 0 unspecified atom stereocenters. The first kappa shape index (κ1) is 21.3. The smallest absolute Gasteiger partial charge is 0.0410 e. The van der Waals surface area contributed by atoms with Gasteiger partial charge < -0.3 is 4.90 Å². The summed E-state index contributed by atoms with van der Waals surface area (Å²) in [7, 11) is 0. The summed E-state index contributed by atoms with van der Waals surface area (Å²) >= 11 is 0. The molecule has 0 spiro atoms. The summed E-state index contributed by atoms with van der Waals surface area (Å²) in [6, 6.07) is 21.4. The predicted octanol–water partition coefficient (Wildman–Crippen LogP) is 7.99. The number of nitrogens with zero attached hydrogens (tertiary/aromatic N) is 1. The van der Waals surface area contributed by atoms with Crippen LogP contribution in [0.15, 0.2) is 60.7 Å². The zero-order valence-corrected chi connectivity index (χ0v) is 16.6. The molecule has 2 aromatic carbocycles. The lowest BCUT2D eigenvalue weighted by Gasteiger charge is -2.25. The van der Waals surface area contributed by atoms with Gasteiger partial charge in [0.25, 0.3) is 0 Å². The Kier molecular flexibility index (Phi) is 12.4. The van der Waals surface area contributed by atoms with Crippen molar-refractivity contribution >= 4 is 11.4 Å². The van der Waals surface area contributed by atoms with E-state index >= 15 is 0 Å². The molecular weight excluding hydrogens is 302 g/mol. The fourth-order valence-electron chi connectivity index (χ4n) is 2.67. The van der Waals surface area contributed by atoms with Gasteiger partial charge in [-0.1, -0.05) is 102 Å². The third-order valence-electron chi connectivity index (χ3n) is 4.37. The molecule has 0 saturated carbocycles. The molecule has 0 atom stereocenters. The van der Waals surface area contributed by atoms with Crippen LogP contribution >= 0.6 is 0 Å². The van der Waals surface area contributed by atoms with E-state index in [1.54, 1.807) is 0 Å². The Balaban J connectivity index is 0.000000705. The summed E-state index contributed by atoms with van der Waals surface area (Å²) in [5.41, 5.74) is 2.58. The standard InChI is InChI=1S/C20H27N.C4H10/c1-2-3-4-5-6-13-18-21(19-14-9-7-10-15-19)20-16-11-8-12-17-20;1-3-4-2/h7-12,14-17H,2-6,13,18H2,1H3;3-4H2,1-2H3. The number of benzene rings is 2. The number of rotatable bonds is 10. The first-order valence-corrected chi connectivity index (χ1v) is 10.2. The zero-order chi connectivity index (χ0) is 18.2. The molecule has 0 aliphatic heterocycles. The normalized spacial score (nSPS) is 10.0. The first-order valence-electron chi connectivity index (χ1n) is 10.2. The maximum absolute atomic E-state index is 2.43. The van der Waals surface area contributed by atoms with E-state index in [0.29, 0.717) is 0 Å². The Morgan fingerprint density at radius 3 is 1.40 bits per heavy atom. The average Bonchev–Trinajstić information content (AvgIpc) is 2.69. The molecule has 0 aromatic heterocycles. The van der Waals surface area contributed by atoms with Crippen molar-refractivity contribution in [1.82, 2.24) is 0 Å². The molecule has 0 fully saturated rings. The molecule has 0 aliphatic carbocycles. The number of hydrogen-bond acceptors (Lipinski definition) is 1. The monoisotopic (exact) mass is 339 g/mol. The highest BCUT2D eigenvalue weighted by Gasteiger charge is 2.07. The van der Waals surface area contributed by atoms with Crippen LogP contribution in [0.2, 0.25) is 0 Å². The molecule has 25 heavy (non-hydrogen) atoms. The fourth-order valence-corrected chi connectivity index (χ4v) is 2.67. The van der Waals surface area contributed by atoms with Crippen molar-refractivity contribution in [2.75, 3.05) is 11.4 Å². The van der Waals surface area contributed by atoms with E-state index in [2.05, 4.69) is 86.3 Å². The predicted molar refractivity (Wildman–Crippen MR) is 114 cm³/mol. The maximum atomic E-state index is 2.43. The number of hydrogen-bond donors (Lipinski definition) is 0. The van der Waals surface area contributed by atoms with Crippen molar-refractivity contribution in [3.05, 3.63) is 60.7 Å². The van der Waals surface area contributed by atoms with E-state index in [-0.39, 0.29) is 0 Å². The quantitative estimate of drug-likeness (QED) is 0.396. The van der Waals surface area contributed by atoms with E-state index in [4.69, 9.17) is 0 Å². The summed E-state index contributed by atoms with van der Waals surface area (Å²) in [6.07, 6.45) is 10.7. The number of para-hydroxylation sites is 2. The maximum Gasteiger partial charge on any atom is 0.0410 e. The number of anilines is 2. The molecule has 0 heterocycles. The van der Waals surface area contributed by atoms with Crippen LogP contribution in [0, 0.1) is 0 Å². The lowest BCUT2D eigenvalue weighted by Crippen LogP contribution is -2.18. The Hall–Kier alpha value is -1.76. The highest BCUT2D eigenvalue weighted by molar-refractivity contribution is 5.62. The minimum absolute atomic E-state index is 1.10. The van der Waals surface area contributed by atoms with Crippen molar-refractivity contribution < 1.29 is 0 Å². The van der Waals surface area contributed by atoms with Gasteiger partial charge in [-0.15, -0.1) is 0 Å². The van der Waals surface area contributed by atoms with Gasteiger partial charge in [0.2, 0.25) is 0 Å². The molecular formula is C24H37N. The van der Waals surface area contributed by atoms with Gasteiger partial charge >= 0.3 is 0 Å². The van der Waals surface area contributed by atoms with Crippen LogP contribution in [0.3, 0.4) is 0 Å². The summed E-state index contributed by atoms with van der Waals surface area (Å²) in [5, 5.41) is 0. The van der Waals surface area contributed by atoms with Gasteiger partial charge in [0, 0.05) is 17.9 Å². The van der Waals surface area contributed by atoms with Crippen LogP contribution in [0.1, 0.15) is 72.1 Å². The third-order valence-corrected chi connectivity index (χ3v) is 4.37.